The molecule has 1 fully saturated rings. The summed E-state index contributed by atoms with van der Waals surface area (Å²) in [4.78, 5) is 18.5. The molecule has 1 aromatic rings. The molecule has 31 heavy (non-hydrogen) atoms. The SMILES string of the molecule is CCSCCN=C(NC#N)N1CC(N2CCCC2=O)C(c2ccc(C(F)(F)F)cc2)=N1. The average molecular weight is 453 g/mol. The summed E-state index contributed by atoms with van der Waals surface area (Å²) < 4.78 is 38.8. The number of likely N-dealkylation sites (tertiary alicyclic amines) is 1. The average Bonchev–Trinajstić information content (AvgIpc) is 3.36. The largest absolute Gasteiger partial charge is 0.416 e. The van der Waals surface area contributed by atoms with Crippen LogP contribution in [0.5, 0.6) is 0 Å². The molecule has 0 radical (unpaired) electrons. The second-order valence-corrected chi connectivity index (χ2v) is 8.38. The predicted octanol–water partition coefficient (Wildman–Crippen LogP) is 2.90. The monoisotopic (exact) mass is 452 g/mol. The van der Waals surface area contributed by atoms with Gasteiger partial charge in [-0.3, -0.25) is 10.1 Å². The number of rotatable bonds is 6. The molecule has 1 saturated heterocycles. The smallest absolute Gasteiger partial charge is 0.332 e. The lowest BCUT2D eigenvalue weighted by atomic mass is 10.0. The molecule has 1 N–H and O–H groups in total. The maximum Gasteiger partial charge on any atom is 0.416 e. The van der Waals surface area contributed by atoms with Crippen LogP contribution >= 0.6 is 11.8 Å². The van der Waals surface area contributed by atoms with Crippen LogP contribution in [0.25, 0.3) is 0 Å². The van der Waals surface area contributed by atoms with Crippen molar-refractivity contribution in [2.24, 2.45) is 10.1 Å². The summed E-state index contributed by atoms with van der Waals surface area (Å²) in [5.41, 5.74) is 0.236. The van der Waals surface area contributed by atoms with Gasteiger partial charge in [0.25, 0.3) is 0 Å². The first-order valence-corrected chi connectivity index (χ1v) is 11.1. The molecule has 11 heteroatoms. The molecule has 0 aromatic heterocycles. The van der Waals surface area contributed by atoms with Gasteiger partial charge in [-0.05, 0) is 29.9 Å². The lowest BCUT2D eigenvalue weighted by molar-refractivity contribution is -0.137. The highest BCUT2D eigenvalue weighted by Gasteiger charge is 2.39. The zero-order chi connectivity index (χ0) is 22.4. The number of nitrogens with zero attached hydrogens (tertiary/aromatic N) is 5. The van der Waals surface area contributed by atoms with Gasteiger partial charge in [0.2, 0.25) is 11.9 Å². The molecule has 2 aliphatic heterocycles. The highest BCUT2D eigenvalue weighted by atomic mass is 32.2. The number of hydrazone groups is 1. The van der Waals surface area contributed by atoms with E-state index in [-0.39, 0.29) is 18.4 Å². The minimum atomic E-state index is -4.43. The van der Waals surface area contributed by atoms with E-state index >= 15 is 0 Å². The Morgan fingerprint density at radius 3 is 2.71 bits per heavy atom. The Labute approximate surface area is 183 Å². The molecule has 7 nitrogen and oxygen atoms in total. The molecule has 2 aliphatic rings. The second kappa shape index (κ2) is 10.0. The molecule has 0 bridgehead atoms. The number of guanidine groups is 1. The van der Waals surface area contributed by atoms with Crippen molar-refractivity contribution in [3.8, 4) is 6.19 Å². The van der Waals surface area contributed by atoms with Crippen LogP contribution in [0.1, 0.15) is 30.9 Å². The summed E-state index contributed by atoms with van der Waals surface area (Å²) in [6.07, 6.45) is -1.42. The van der Waals surface area contributed by atoms with Gasteiger partial charge in [-0.25, -0.2) is 10.0 Å². The molecule has 2 heterocycles. The summed E-state index contributed by atoms with van der Waals surface area (Å²) in [6, 6.07) is 4.32. The van der Waals surface area contributed by atoms with E-state index in [9.17, 15) is 18.0 Å². The number of amides is 1. The maximum absolute atomic E-state index is 12.9. The van der Waals surface area contributed by atoms with E-state index in [1.165, 1.54) is 17.1 Å². The number of carbonyl (C=O) groups is 1. The zero-order valence-corrected chi connectivity index (χ0v) is 17.8. The number of alkyl halides is 3. The van der Waals surface area contributed by atoms with Crippen LogP contribution in [0.2, 0.25) is 0 Å². The lowest BCUT2D eigenvalue weighted by Gasteiger charge is -2.25. The van der Waals surface area contributed by atoms with Crippen molar-refractivity contribution in [1.29, 1.82) is 5.26 Å². The highest BCUT2D eigenvalue weighted by Crippen LogP contribution is 2.30. The van der Waals surface area contributed by atoms with Crippen LogP contribution in [0.15, 0.2) is 34.4 Å². The standard InChI is InChI=1S/C20H23F3N6OS/c1-2-31-11-9-25-19(26-13-24)29-12-16(28-10-3-4-17(28)30)18(27-29)14-5-7-15(8-6-14)20(21,22)23/h5-8,16H,2-4,9-12H2,1H3,(H,25,26). The fourth-order valence-corrected chi connectivity index (χ4v) is 4.05. The molecule has 0 saturated carbocycles. The van der Waals surface area contributed by atoms with Gasteiger partial charge in [0.15, 0.2) is 6.19 Å². The van der Waals surface area contributed by atoms with Crippen molar-refractivity contribution in [3.05, 3.63) is 35.4 Å². The van der Waals surface area contributed by atoms with Crippen LogP contribution < -0.4 is 5.32 Å². The molecule has 1 unspecified atom stereocenters. The van der Waals surface area contributed by atoms with Gasteiger partial charge in [-0.1, -0.05) is 19.1 Å². The van der Waals surface area contributed by atoms with E-state index in [2.05, 4.69) is 15.4 Å². The molecular formula is C20H23F3N6OS. The van der Waals surface area contributed by atoms with Crippen molar-refractivity contribution in [2.75, 3.05) is 31.1 Å². The molecule has 1 atom stereocenters. The Morgan fingerprint density at radius 1 is 1.39 bits per heavy atom. The summed E-state index contributed by atoms with van der Waals surface area (Å²) in [7, 11) is 0. The topological polar surface area (TPSA) is 84.1 Å². The van der Waals surface area contributed by atoms with Crippen molar-refractivity contribution in [1.82, 2.24) is 15.2 Å². The van der Waals surface area contributed by atoms with E-state index in [0.717, 1.165) is 30.1 Å². The lowest BCUT2D eigenvalue weighted by Crippen LogP contribution is -2.45. The zero-order valence-electron chi connectivity index (χ0n) is 17.0. The Hall–Kier alpha value is -2.74. The van der Waals surface area contributed by atoms with Crippen molar-refractivity contribution in [2.45, 2.75) is 32.0 Å². The van der Waals surface area contributed by atoms with E-state index in [0.29, 0.717) is 30.8 Å². The Kier molecular flexibility index (Phi) is 7.43. The third kappa shape index (κ3) is 5.50. The van der Waals surface area contributed by atoms with E-state index in [4.69, 9.17) is 5.26 Å². The fourth-order valence-electron chi connectivity index (χ4n) is 3.54. The fraction of sp³-hybridized carbons (Fsp3) is 0.500. The number of halogens is 3. The number of aliphatic imine (C=N–C) groups is 1. The first kappa shape index (κ1) is 22.9. The normalized spacial score (nSPS) is 19.6. The van der Waals surface area contributed by atoms with Gasteiger partial charge in [-0.2, -0.15) is 35.3 Å². The molecular weight excluding hydrogens is 429 g/mol. The predicted molar refractivity (Wildman–Crippen MR) is 113 cm³/mol. The summed E-state index contributed by atoms with van der Waals surface area (Å²) in [5, 5.41) is 17.7. The van der Waals surface area contributed by atoms with Crippen LogP contribution in [0, 0.1) is 11.5 Å². The van der Waals surface area contributed by atoms with Crippen LogP contribution in [-0.4, -0.2) is 64.7 Å². The quantitative estimate of drug-likeness (QED) is 0.236. The number of carbonyl (C=O) groups excluding carboxylic acids is 1. The van der Waals surface area contributed by atoms with Gasteiger partial charge in [0.1, 0.15) is 0 Å². The van der Waals surface area contributed by atoms with Crippen LogP contribution in [0.3, 0.4) is 0 Å². The maximum atomic E-state index is 12.9. The number of hydrogen-bond acceptors (Lipinski definition) is 5. The second-order valence-electron chi connectivity index (χ2n) is 6.99. The van der Waals surface area contributed by atoms with E-state index in [1.54, 1.807) is 16.7 Å². The Bertz CT molecular complexity index is 894. The molecule has 166 valence electrons. The Balaban J connectivity index is 1.91. The molecule has 0 aliphatic carbocycles. The molecule has 3 rings (SSSR count). The van der Waals surface area contributed by atoms with Gasteiger partial charge < -0.3 is 4.90 Å². The van der Waals surface area contributed by atoms with Crippen molar-refractivity contribution >= 4 is 29.3 Å². The molecule has 0 spiro atoms. The third-order valence-electron chi connectivity index (χ3n) is 5.00. The van der Waals surface area contributed by atoms with Crippen molar-refractivity contribution < 1.29 is 18.0 Å². The van der Waals surface area contributed by atoms with Crippen molar-refractivity contribution in [3.63, 3.8) is 0 Å². The van der Waals surface area contributed by atoms with Gasteiger partial charge >= 0.3 is 6.18 Å². The number of benzene rings is 1. The summed E-state index contributed by atoms with van der Waals surface area (Å²) in [6.45, 7) is 3.36. The molecule has 1 aromatic carbocycles. The minimum absolute atomic E-state index is 0.0162. The number of hydrogen-bond donors (Lipinski definition) is 1. The third-order valence-corrected chi connectivity index (χ3v) is 5.88. The summed E-state index contributed by atoms with van der Waals surface area (Å²) in [5.74, 6) is 1.98. The molecule has 1 amide bonds. The van der Waals surface area contributed by atoms with Gasteiger partial charge in [0.05, 0.1) is 30.4 Å². The van der Waals surface area contributed by atoms with E-state index < -0.39 is 17.8 Å². The van der Waals surface area contributed by atoms with E-state index in [1.807, 2.05) is 13.1 Å². The highest BCUT2D eigenvalue weighted by molar-refractivity contribution is 7.99. The summed E-state index contributed by atoms with van der Waals surface area (Å²) >= 11 is 1.72. The number of thioether (sulfide) groups is 1. The van der Waals surface area contributed by atoms with Crippen LogP contribution in [0.4, 0.5) is 13.2 Å². The van der Waals surface area contributed by atoms with Gasteiger partial charge in [0, 0.05) is 18.7 Å². The number of nitrogens with one attached hydrogen (secondary N) is 1. The van der Waals surface area contributed by atoms with Crippen LogP contribution in [-0.2, 0) is 11.0 Å². The Morgan fingerprint density at radius 2 is 2.13 bits per heavy atom. The first-order chi connectivity index (χ1) is 14.8. The first-order valence-electron chi connectivity index (χ1n) is 9.95. The number of nitriles is 1. The minimum Gasteiger partial charge on any atom is -0.332 e. The van der Waals surface area contributed by atoms with Gasteiger partial charge in [-0.15, -0.1) is 0 Å².